The highest BCUT2D eigenvalue weighted by Crippen LogP contribution is 2.27. The third-order valence-corrected chi connectivity index (χ3v) is 3.45. The van der Waals surface area contributed by atoms with Crippen LogP contribution < -0.4 is 10.6 Å². The molecule has 2 rings (SSSR count). The summed E-state index contributed by atoms with van der Waals surface area (Å²) in [4.78, 5) is 6.62. The van der Waals surface area contributed by atoms with Crippen LogP contribution in [0.4, 0.5) is 10.1 Å². The summed E-state index contributed by atoms with van der Waals surface area (Å²) in [5, 5.41) is 1.90. The number of hydrogen-bond acceptors (Lipinski definition) is 4. The second-order valence-electron chi connectivity index (χ2n) is 3.71. The largest absolute Gasteiger partial charge is 0.389 e. The van der Waals surface area contributed by atoms with Crippen LogP contribution >= 0.6 is 11.3 Å². The van der Waals surface area contributed by atoms with Crippen molar-refractivity contribution in [1.29, 1.82) is 0 Å². The van der Waals surface area contributed by atoms with E-state index in [1.807, 2.05) is 0 Å². The molecule has 0 spiro atoms. The molecule has 2 N–H and O–H groups in total. The van der Waals surface area contributed by atoms with Crippen molar-refractivity contribution >= 4 is 21.5 Å². The molecule has 0 radical (unpaired) electrons. The zero-order valence-corrected chi connectivity index (χ0v) is 8.68. The number of thiazole rings is 1. The molecule has 1 aliphatic heterocycles. The highest BCUT2D eigenvalue weighted by Gasteiger charge is 2.17. The first-order valence-corrected chi connectivity index (χ1v) is 5.53. The number of hydrogen-bond donors (Lipinski definition) is 1. The van der Waals surface area contributed by atoms with E-state index < -0.39 is 0 Å². The van der Waals surface area contributed by atoms with Crippen molar-refractivity contribution in [2.45, 2.75) is 19.8 Å². The molecule has 1 saturated heterocycles. The molecule has 3 nitrogen and oxygen atoms in total. The Bertz CT molecular complexity index is 276. The average Bonchev–Trinajstić information content (AvgIpc) is 2.53. The van der Waals surface area contributed by atoms with Crippen LogP contribution in [0.2, 0.25) is 0 Å². The van der Waals surface area contributed by atoms with Crippen LogP contribution in [0.5, 0.6) is 0 Å². The van der Waals surface area contributed by atoms with Crippen molar-refractivity contribution in [3.05, 3.63) is 6.20 Å². The summed E-state index contributed by atoms with van der Waals surface area (Å²) >= 11 is 1.59. The van der Waals surface area contributed by atoms with Crippen LogP contribution in [0, 0.1) is 5.92 Å². The Labute approximate surface area is 82.6 Å². The lowest BCUT2D eigenvalue weighted by atomic mass is 10.00. The van der Waals surface area contributed by atoms with Gasteiger partial charge in [0.25, 0.3) is 0 Å². The number of nitrogens with zero attached hydrogens (tertiary/aromatic N) is 2. The number of rotatable bonds is 1. The molecule has 1 aromatic rings. The van der Waals surface area contributed by atoms with Crippen LogP contribution in [0.25, 0.3) is 0 Å². The standard InChI is InChI=1S/C9H15N3S/c1-7-2-4-12(5-3-7)9-11-6-8(10)13-9/h6-7H,2-5,10H2,1H3. The molecule has 0 amide bonds. The SMILES string of the molecule is CC1CCN(c2ncc(N)s2)CC1. The van der Waals surface area contributed by atoms with Crippen LogP contribution in [-0.2, 0) is 0 Å². The molecule has 0 aliphatic carbocycles. The van der Waals surface area contributed by atoms with Gasteiger partial charge in [-0.3, -0.25) is 0 Å². The Kier molecular flexibility index (Phi) is 2.40. The molecule has 0 saturated carbocycles. The fourth-order valence-corrected chi connectivity index (χ4v) is 2.36. The summed E-state index contributed by atoms with van der Waals surface area (Å²) in [6, 6.07) is 0. The van der Waals surface area contributed by atoms with E-state index >= 15 is 0 Å². The van der Waals surface area contributed by atoms with Crippen molar-refractivity contribution in [3.8, 4) is 0 Å². The van der Waals surface area contributed by atoms with Crippen LogP contribution in [-0.4, -0.2) is 18.1 Å². The van der Waals surface area contributed by atoms with E-state index in [0.29, 0.717) is 0 Å². The van der Waals surface area contributed by atoms with Crippen molar-refractivity contribution in [3.63, 3.8) is 0 Å². The van der Waals surface area contributed by atoms with Gasteiger partial charge < -0.3 is 10.6 Å². The van der Waals surface area contributed by atoms with Gasteiger partial charge in [0.15, 0.2) is 5.13 Å². The highest BCUT2D eigenvalue weighted by molar-refractivity contribution is 7.19. The van der Waals surface area contributed by atoms with Gasteiger partial charge in [-0.1, -0.05) is 18.3 Å². The van der Waals surface area contributed by atoms with Crippen molar-refractivity contribution in [2.24, 2.45) is 5.92 Å². The first-order valence-electron chi connectivity index (χ1n) is 4.72. The summed E-state index contributed by atoms with van der Waals surface area (Å²) in [7, 11) is 0. The lowest BCUT2D eigenvalue weighted by Gasteiger charge is -2.29. The Balaban J connectivity index is 2.02. The van der Waals surface area contributed by atoms with Crippen molar-refractivity contribution < 1.29 is 0 Å². The molecule has 0 aromatic carbocycles. The predicted octanol–water partition coefficient (Wildman–Crippen LogP) is 1.96. The molecule has 4 heteroatoms. The Hall–Kier alpha value is -0.770. The van der Waals surface area contributed by atoms with E-state index in [-0.39, 0.29) is 0 Å². The summed E-state index contributed by atoms with van der Waals surface area (Å²) in [5.74, 6) is 0.869. The zero-order chi connectivity index (χ0) is 9.26. The summed E-state index contributed by atoms with van der Waals surface area (Å²) in [6.07, 6.45) is 4.30. The molecule has 0 unspecified atom stereocenters. The molecule has 0 bridgehead atoms. The molecule has 72 valence electrons. The number of anilines is 2. The van der Waals surface area contributed by atoms with Crippen LogP contribution in [0.1, 0.15) is 19.8 Å². The fourth-order valence-electron chi connectivity index (χ4n) is 1.62. The van der Waals surface area contributed by atoms with Gasteiger partial charge in [0, 0.05) is 13.1 Å². The molecule has 0 atom stereocenters. The number of nitrogen functional groups attached to an aromatic ring is 1. The van der Waals surface area contributed by atoms with Gasteiger partial charge in [-0.25, -0.2) is 4.98 Å². The molecular weight excluding hydrogens is 182 g/mol. The monoisotopic (exact) mass is 197 g/mol. The lowest BCUT2D eigenvalue weighted by molar-refractivity contribution is 0.438. The maximum absolute atomic E-state index is 5.64. The molecule has 13 heavy (non-hydrogen) atoms. The molecule has 1 aromatic heterocycles. The topological polar surface area (TPSA) is 42.2 Å². The van der Waals surface area contributed by atoms with E-state index in [1.54, 1.807) is 17.5 Å². The lowest BCUT2D eigenvalue weighted by Crippen LogP contribution is -2.32. The smallest absolute Gasteiger partial charge is 0.187 e. The minimum Gasteiger partial charge on any atom is -0.389 e. The number of aromatic nitrogens is 1. The molecular formula is C9H15N3S. The first-order chi connectivity index (χ1) is 6.25. The quantitative estimate of drug-likeness (QED) is 0.748. The Morgan fingerprint density at radius 3 is 2.77 bits per heavy atom. The second-order valence-corrected chi connectivity index (χ2v) is 4.76. The maximum Gasteiger partial charge on any atom is 0.187 e. The summed E-state index contributed by atoms with van der Waals surface area (Å²) < 4.78 is 0. The average molecular weight is 197 g/mol. The second kappa shape index (κ2) is 3.54. The molecule has 1 aliphatic rings. The third kappa shape index (κ3) is 1.94. The van der Waals surface area contributed by atoms with Crippen molar-refractivity contribution in [1.82, 2.24) is 4.98 Å². The van der Waals surface area contributed by atoms with E-state index in [1.165, 1.54) is 12.8 Å². The van der Waals surface area contributed by atoms with Gasteiger partial charge in [-0.2, -0.15) is 0 Å². The fraction of sp³-hybridized carbons (Fsp3) is 0.667. The van der Waals surface area contributed by atoms with Gasteiger partial charge in [0.2, 0.25) is 0 Å². The van der Waals surface area contributed by atoms with Gasteiger partial charge >= 0.3 is 0 Å². The number of nitrogens with two attached hydrogens (primary N) is 1. The third-order valence-electron chi connectivity index (χ3n) is 2.57. The molecule has 1 fully saturated rings. The summed E-state index contributed by atoms with van der Waals surface area (Å²) in [6.45, 7) is 4.58. The highest BCUT2D eigenvalue weighted by atomic mass is 32.1. The molecule has 2 heterocycles. The van der Waals surface area contributed by atoms with Gasteiger partial charge in [0.05, 0.1) is 6.20 Å². The van der Waals surface area contributed by atoms with Crippen LogP contribution in [0.3, 0.4) is 0 Å². The Morgan fingerprint density at radius 1 is 1.54 bits per heavy atom. The predicted molar refractivity (Wildman–Crippen MR) is 57.1 cm³/mol. The minimum atomic E-state index is 0.814. The normalized spacial score (nSPS) is 19.3. The van der Waals surface area contributed by atoms with E-state index in [4.69, 9.17) is 5.73 Å². The van der Waals surface area contributed by atoms with Crippen molar-refractivity contribution in [2.75, 3.05) is 23.7 Å². The maximum atomic E-state index is 5.64. The minimum absolute atomic E-state index is 0.814. The number of piperidine rings is 1. The Morgan fingerprint density at radius 2 is 2.23 bits per heavy atom. The van der Waals surface area contributed by atoms with Gasteiger partial charge in [-0.05, 0) is 18.8 Å². The van der Waals surface area contributed by atoms with Crippen LogP contribution in [0.15, 0.2) is 6.20 Å². The van der Waals surface area contributed by atoms with E-state index in [0.717, 1.165) is 29.1 Å². The van der Waals surface area contributed by atoms with Gasteiger partial charge in [-0.15, -0.1) is 0 Å². The van der Waals surface area contributed by atoms with E-state index in [2.05, 4.69) is 16.8 Å². The van der Waals surface area contributed by atoms with E-state index in [9.17, 15) is 0 Å². The van der Waals surface area contributed by atoms with Gasteiger partial charge in [0.1, 0.15) is 5.00 Å². The zero-order valence-electron chi connectivity index (χ0n) is 7.86. The first kappa shape index (κ1) is 8.81. The summed E-state index contributed by atoms with van der Waals surface area (Å²) in [5.41, 5.74) is 5.64.